The minimum Gasteiger partial charge on any atom is -0.496 e. The molecule has 1 rings (SSSR count). The Morgan fingerprint density at radius 1 is 1.28 bits per heavy atom. The highest BCUT2D eigenvalue weighted by Gasteiger charge is 2.21. The van der Waals surface area contributed by atoms with Gasteiger partial charge in [0, 0.05) is 6.04 Å². The molecule has 0 radical (unpaired) electrons. The SMILES string of the molecule is COc1ccc(C(N)C(C)CN)cc1C(C)(C)C. The van der Waals surface area contributed by atoms with Crippen molar-refractivity contribution < 1.29 is 4.74 Å². The summed E-state index contributed by atoms with van der Waals surface area (Å²) >= 11 is 0. The Morgan fingerprint density at radius 3 is 2.33 bits per heavy atom. The van der Waals surface area contributed by atoms with Gasteiger partial charge in [-0.3, -0.25) is 0 Å². The fourth-order valence-corrected chi connectivity index (χ4v) is 1.99. The predicted molar refractivity (Wildman–Crippen MR) is 76.8 cm³/mol. The van der Waals surface area contributed by atoms with Gasteiger partial charge in [0.1, 0.15) is 5.75 Å². The largest absolute Gasteiger partial charge is 0.496 e. The third-order valence-electron chi connectivity index (χ3n) is 3.40. The monoisotopic (exact) mass is 250 g/mol. The Balaban J connectivity index is 3.18. The van der Waals surface area contributed by atoms with E-state index in [9.17, 15) is 0 Å². The number of methoxy groups -OCH3 is 1. The molecule has 102 valence electrons. The molecule has 3 heteroatoms. The molecule has 0 spiro atoms. The summed E-state index contributed by atoms with van der Waals surface area (Å²) in [6.07, 6.45) is 0. The molecule has 0 fully saturated rings. The number of benzene rings is 1. The molecule has 1 aromatic rings. The van der Waals surface area contributed by atoms with Gasteiger partial charge in [0.2, 0.25) is 0 Å². The zero-order valence-electron chi connectivity index (χ0n) is 12.2. The first-order valence-corrected chi connectivity index (χ1v) is 6.45. The molecule has 4 N–H and O–H groups in total. The average Bonchev–Trinajstić information content (AvgIpc) is 2.35. The summed E-state index contributed by atoms with van der Waals surface area (Å²) in [5.74, 6) is 1.19. The molecule has 0 saturated heterocycles. The van der Waals surface area contributed by atoms with Crippen LogP contribution in [-0.4, -0.2) is 13.7 Å². The number of hydrogen-bond donors (Lipinski definition) is 2. The van der Waals surface area contributed by atoms with E-state index in [1.807, 2.05) is 12.1 Å². The normalized spacial score (nSPS) is 15.3. The first-order valence-electron chi connectivity index (χ1n) is 6.45. The van der Waals surface area contributed by atoms with Crippen LogP contribution in [-0.2, 0) is 5.41 Å². The van der Waals surface area contributed by atoms with Crippen molar-refractivity contribution in [2.45, 2.75) is 39.2 Å². The Hall–Kier alpha value is -1.06. The van der Waals surface area contributed by atoms with Crippen LogP contribution in [0, 0.1) is 5.92 Å². The van der Waals surface area contributed by atoms with E-state index >= 15 is 0 Å². The molecule has 18 heavy (non-hydrogen) atoms. The van der Waals surface area contributed by atoms with Gasteiger partial charge in [0.25, 0.3) is 0 Å². The maximum atomic E-state index is 6.23. The summed E-state index contributed by atoms with van der Waals surface area (Å²) in [5, 5.41) is 0. The van der Waals surface area contributed by atoms with Crippen LogP contribution in [0.2, 0.25) is 0 Å². The van der Waals surface area contributed by atoms with E-state index in [0.717, 1.165) is 11.3 Å². The van der Waals surface area contributed by atoms with E-state index in [-0.39, 0.29) is 17.4 Å². The van der Waals surface area contributed by atoms with Crippen molar-refractivity contribution in [3.63, 3.8) is 0 Å². The molecule has 2 unspecified atom stereocenters. The minimum absolute atomic E-state index is 0.0259. The molecular weight excluding hydrogens is 224 g/mol. The van der Waals surface area contributed by atoms with Gasteiger partial charge in [-0.05, 0) is 35.1 Å². The van der Waals surface area contributed by atoms with Crippen molar-refractivity contribution in [1.82, 2.24) is 0 Å². The highest BCUT2D eigenvalue weighted by Crippen LogP contribution is 2.34. The molecule has 0 amide bonds. The molecule has 2 atom stereocenters. The minimum atomic E-state index is -0.0259. The van der Waals surface area contributed by atoms with Crippen LogP contribution >= 0.6 is 0 Å². The van der Waals surface area contributed by atoms with Crippen molar-refractivity contribution >= 4 is 0 Å². The Kier molecular flexibility index (Phi) is 4.77. The Morgan fingerprint density at radius 2 is 1.89 bits per heavy atom. The zero-order valence-corrected chi connectivity index (χ0v) is 12.2. The van der Waals surface area contributed by atoms with Gasteiger partial charge in [-0.2, -0.15) is 0 Å². The van der Waals surface area contributed by atoms with Crippen LogP contribution in [0.5, 0.6) is 5.75 Å². The fourth-order valence-electron chi connectivity index (χ4n) is 1.99. The van der Waals surface area contributed by atoms with E-state index in [0.29, 0.717) is 6.54 Å². The molecule has 0 aliphatic heterocycles. The second kappa shape index (κ2) is 5.72. The standard InChI is InChI=1S/C15H26N2O/c1-10(9-16)14(17)11-6-7-13(18-5)12(8-11)15(2,3)4/h6-8,10,14H,9,16-17H2,1-5H3. The zero-order chi connectivity index (χ0) is 13.9. The number of ether oxygens (including phenoxy) is 1. The maximum absolute atomic E-state index is 6.23. The summed E-state index contributed by atoms with van der Waals surface area (Å²) in [7, 11) is 1.70. The first-order chi connectivity index (χ1) is 8.31. The second-order valence-electron chi connectivity index (χ2n) is 5.95. The highest BCUT2D eigenvalue weighted by molar-refractivity contribution is 5.42. The summed E-state index contributed by atoms with van der Waals surface area (Å²) in [5.41, 5.74) is 14.3. The molecule has 0 aliphatic rings. The van der Waals surface area contributed by atoms with Crippen LogP contribution < -0.4 is 16.2 Å². The van der Waals surface area contributed by atoms with E-state index in [1.54, 1.807) is 7.11 Å². The fraction of sp³-hybridized carbons (Fsp3) is 0.600. The summed E-state index contributed by atoms with van der Waals surface area (Å²) in [4.78, 5) is 0. The van der Waals surface area contributed by atoms with Crippen LogP contribution in [0.4, 0.5) is 0 Å². The van der Waals surface area contributed by atoms with Crippen molar-refractivity contribution in [1.29, 1.82) is 0 Å². The highest BCUT2D eigenvalue weighted by atomic mass is 16.5. The summed E-state index contributed by atoms with van der Waals surface area (Å²) < 4.78 is 5.43. The third kappa shape index (κ3) is 3.24. The van der Waals surface area contributed by atoms with E-state index in [1.165, 1.54) is 5.56 Å². The van der Waals surface area contributed by atoms with Crippen LogP contribution in [0.1, 0.15) is 44.9 Å². The van der Waals surface area contributed by atoms with Gasteiger partial charge >= 0.3 is 0 Å². The molecular formula is C15H26N2O. The lowest BCUT2D eigenvalue weighted by Crippen LogP contribution is -2.26. The van der Waals surface area contributed by atoms with E-state index in [2.05, 4.69) is 33.8 Å². The van der Waals surface area contributed by atoms with Crippen molar-refractivity contribution in [2.24, 2.45) is 17.4 Å². The van der Waals surface area contributed by atoms with Gasteiger partial charge < -0.3 is 16.2 Å². The average molecular weight is 250 g/mol. The van der Waals surface area contributed by atoms with Gasteiger partial charge in [0.05, 0.1) is 7.11 Å². The molecule has 0 aromatic heterocycles. The number of nitrogens with two attached hydrogens (primary N) is 2. The number of rotatable bonds is 4. The second-order valence-corrected chi connectivity index (χ2v) is 5.95. The summed E-state index contributed by atoms with van der Waals surface area (Å²) in [6, 6.07) is 6.15. The molecule has 0 bridgehead atoms. The van der Waals surface area contributed by atoms with Gasteiger partial charge in [-0.25, -0.2) is 0 Å². The Labute approximate surface area is 111 Å². The Bertz CT molecular complexity index is 396. The van der Waals surface area contributed by atoms with E-state index in [4.69, 9.17) is 16.2 Å². The van der Waals surface area contributed by atoms with Gasteiger partial charge in [0.15, 0.2) is 0 Å². The van der Waals surface area contributed by atoms with Crippen molar-refractivity contribution in [2.75, 3.05) is 13.7 Å². The molecule has 1 aromatic carbocycles. The van der Waals surface area contributed by atoms with Crippen LogP contribution in [0.25, 0.3) is 0 Å². The van der Waals surface area contributed by atoms with Gasteiger partial charge in [-0.15, -0.1) is 0 Å². The topological polar surface area (TPSA) is 61.3 Å². The first kappa shape index (κ1) is 15.0. The predicted octanol–water partition coefficient (Wildman–Crippen LogP) is 2.59. The third-order valence-corrected chi connectivity index (χ3v) is 3.40. The molecule has 0 aliphatic carbocycles. The maximum Gasteiger partial charge on any atom is 0.122 e. The van der Waals surface area contributed by atoms with Crippen LogP contribution in [0.15, 0.2) is 18.2 Å². The number of hydrogen-bond acceptors (Lipinski definition) is 3. The molecule has 3 nitrogen and oxygen atoms in total. The van der Waals surface area contributed by atoms with Crippen LogP contribution in [0.3, 0.4) is 0 Å². The van der Waals surface area contributed by atoms with Crippen molar-refractivity contribution in [3.05, 3.63) is 29.3 Å². The molecule has 0 heterocycles. The smallest absolute Gasteiger partial charge is 0.122 e. The van der Waals surface area contributed by atoms with Gasteiger partial charge in [-0.1, -0.05) is 39.8 Å². The lowest BCUT2D eigenvalue weighted by molar-refractivity contribution is 0.396. The lowest BCUT2D eigenvalue weighted by Gasteiger charge is -2.25. The quantitative estimate of drug-likeness (QED) is 0.863. The lowest BCUT2D eigenvalue weighted by atomic mass is 9.83. The van der Waals surface area contributed by atoms with E-state index < -0.39 is 0 Å². The summed E-state index contributed by atoms with van der Waals surface area (Å²) in [6.45, 7) is 9.19. The van der Waals surface area contributed by atoms with Crippen molar-refractivity contribution in [3.8, 4) is 5.75 Å². The molecule has 0 saturated carbocycles.